The molecule has 130 valence electrons. The summed E-state index contributed by atoms with van der Waals surface area (Å²) in [5, 5.41) is 2.50. The summed E-state index contributed by atoms with van der Waals surface area (Å²) in [4.78, 5) is 30.1. The average molecular weight is 348 g/mol. The van der Waals surface area contributed by atoms with E-state index >= 15 is 0 Å². The minimum atomic E-state index is -0.218. The van der Waals surface area contributed by atoms with Gasteiger partial charge in [-0.1, -0.05) is 0 Å². The molecular formula is C18H24N2O3S. The molecule has 0 saturated heterocycles. The summed E-state index contributed by atoms with van der Waals surface area (Å²) in [6, 6.07) is 0. The van der Waals surface area contributed by atoms with E-state index in [1.807, 2.05) is 5.38 Å². The van der Waals surface area contributed by atoms with Crippen LogP contribution in [0.15, 0.2) is 5.38 Å². The first-order chi connectivity index (χ1) is 11.4. The Labute approximate surface area is 146 Å². The Morgan fingerprint density at radius 1 is 1.25 bits per heavy atom. The molecule has 1 aromatic heterocycles. The van der Waals surface area contributed by atoms with Gasteiger partial charge in [-0.25, -0.2) is 4.98 Å². The van der Waals surface area contributed by atoms with E-state index in [0.29, 0.717) is 5.13 Å². The van der Waals surface area contributed by atoms with Gasteiger partial charge in [-0.3, -0.25) is 14.5 Å². The van der Waals surface area contributed by atoms with Gasteiger partial charge in [0.25, 0.3) is 0 Å². The van der Waals surface area contributed by atoms with Gasteiger partial charge in [0, 0.05) is 19.4 Å². The molecule has 1 aromatic rings. The third kappa shape index (κ3) is 2.75. The predicted octanol–water partition coefficient (Wildman–Crippen LogP) is 3.39. The van der Waals surface area contributed by atoms with E-state index in [4.69, 9.17) is 4.74 Å². The zero-order chi connectivity index (χ0) is 16.9. The molecule has 4 aliphatic carbocycles. The van der Waals surface area contributed by atoms with Gasteiger partial charge in [-0.15, -0.1) is 11.3 Å². The smallest absolute Gasteiger partial charge is 0.312 e. The van der Waals surface area contributed by atoms with Crippen LogP contribution in [0.4, 0.5) is 5.13 Å². The molecule has 4 aliphatic rings. The lowest BCUT2D eigenvalue weighted by molar-refractivity contribution is -0.173. The van der Waals surface area contributed by atoms with Crippen molar-refractivity contribution in [1.82, 2.24) is 4.98 Å². The molecule has 1 amide bonds. The number of thiazole rings is 1. The molecule has 1 heterocycles. The number of amides is 1. The molecular weight excluding hydrogens is 324 g/mol. The largest absolute Gasteiger partial charge is 0.459 e. The maximum atomic E-state index is 12.8. The summed E-state index contributed by atoms with van der Waals surface area (Å²) in [6.45, 7) is 1.72. The van der Waals surface area contributed by atoms with Crippen molar-refractivity contribution in [3.63, 3.8) is 0 Å². The molecule has 4 saturated carbocycles. The number of rotatable bonds is 4. The molecule has 4 bridgehead atoms. The Kier molecular flexibility index (Phi) is 3.90. The predicted molar refractivity (Wildman–Crippen MR) is 91.6 cm³/mol. The molecule has 5 nitrogen and oxygen atoms in total. The fourth-order valence-corrected chi connectivity index (χ4v) is 6.12. The van der Waals surface area contributed by atoms with Gasteiger partial charge >= 0.3 is 5.97 Å². The molecule has 0 aliphatic heterocycles. The molecule has 24 heavy (non-hydrogen) atoms. The van der Waals surface area contributed by atoms with Crippen LogP contribution in [0.3, 0.4) is 0 Å². The maximum absolute atomic E-state index is 12.8. The van der Waals surface area contributed by atoms with Crippen LogP contribution in [0.2, 0.25) is 0 Å². The van der Waals surface area contributed by atoms with E-state index in [2.05, 4.69) is 4.98 Å². The van der Waals surface area contributed by atoms with Crippen LogP contribution in [0.5, 0.6) is 0 Å². The zero-order valence-corrected chi connectivity index (χ0v) is 15.1. The first kappa shape index (κ1) is 16.1. The SMILES string of the molecule is CC(=O)N(C)c1nc(COC(=O)C23CC4CC(CC(C4)C2)C3)cs1. The van der Waals surface area contributed by atoms with Crippen LogP contribution < -0.4 is 4.90 Å². The van der Waals surface area contributed by atoms with Crippen molar-refractivity contribution in [2.24, 2.45) is 23.2 Å². The lowest BCUT2D eigenvalue weighted by atomic mass is 9.49. The van der Waals surface area contributed by atoms with Crippen molar-refractivity contribution >= 4 is 28.3 Å². The van der Waals surface area contributed by atoms with Crippen LogP contribution in [-0.2, 0) is 20.9 Å². The van der Waals surface area contributed by atoms with E-state index in [0.717, 1.165) is 42.7 Å². The van der Waals surface area contributed by atoms with Crippen LogP contribution in [0.1, 0.15) is 51.1 Å². The van der Waals surface area contributed by atoms with E-state index in [1.165, 1.54) is 42.4 Å². The number of ether oxygens (including phenoxy) is 1. The molecule has 0 unspecified atom stereocenters. The number of anilines is 1. The number of carbonyl (C=O) groups excluding carboxylic acids is 2. The highest BCUT2D eigenvalue weighted by atomic mass is 32.1. The maximum Gasteiger partial charge on any atom is 0.312 e. The Hall–Kier alpha value is -1.43. The van der Waals surface area contributed by atoms with Gasteiger partial charge in [-0.05, 0) is 56.3 Å². The Bertz CT molecular complexity index is 634. The van der Waals surface area contributed by atoms with Crippen molar-refractivity contribution in [3.05, 3.63) is 11.1 Å². The van der Waals surface area contributed by atoms with Crippen molar-refractivity contribution < 1.29 is 14.3 Å². The third-order valence-electron chi connectivity index (χ3n) is 6.12. The highest BCUT2D eigenvalue weighted by Crippen LogP contribution is 2.60. The fourth-order valence-electron chi connectivity index (χ4n) is 5.30. The zero-order valence-electron chi connectivity index (χ0n) is 14.3. The lowest BCUT2D eigenvalue weighted by Crippen LogP contribution is -2.50. The summed E-state index contributed by atoms with van der Waals surface area (Å²) < 4.78 is 5.67. The second kappa shape index (κ2) is 5.83. The van der Waals surface area contributed by atoms with Gasteiger partial charge in [-0.2, -0.15) is 0 Å². The number of aromatic nitrogens is 1. The molecule has 4 fully saturated rings. The molecule has 0 radical (unpaired) electrons. The number of carbonyl (C=O) groups is 2. The molecule has 0 atom stereocenters. The molecule has 0 spiro atoms. The number of hydrogen-bond acceptors (Lipinski definition) is 5. The highest BCUT2D eigenvalue weighted by molar-refractivity contribution is 7.14. The van der Waals surface area contributed by atoms with Gasteiger partial charge in [0.05, 0.1) is 11.1 Å². The Morgan fingerprint density at radius 3 is 2.38 bits per heavy atom. The summed E-state index contributed by atoms with van der Waals surface area (Å²) >= 11 is 1.40. The lowest BCUT2D eigenvalue weighted by Gasteiger charge is -2.55. The van der Waals surface area contributed by atoms with E-state index < -0.39 is 0 Å². The van der Waals surface area contributed by atoms with Gasteiger partial charge in [0.2, 0.25) is 5.91 Å². The quantitative estimate of drug-likeness (QED) is 0.783. The molecule has 0 aromatic carbocycles. The van der Waals surface area contributed by atoms with Crippen LogP contribution in [0, 0.1) is 23.2 Å². The van der Waals surface area contributed by atoms with Gasteiger partial charge in [0.1, 0.15) is 6.61 Å². The normalized spacial score (nSPS) is 33.5. The first-order valence-corrected chi connectivity index (χ1v) is 9.69. The van der Waals surface area contributed by atoms with E-state index in [-0.39, 0.29) is 23.9 Å². The van der Waals surface area contributed by atoms with Crippen molar-refractivity contribution in [1.29, 1.82) is 0 Å². The summed E-state index contributed by atoms with van der Waals surface area (Å²) in [6.07, 6.45) is 7.02. The Morgan fingerprint density at radius 2 is 1.83 bits per heavy atom. The minimum absolute atomic E-state index is 0.0175. The molecule has 5 rings (SSSR count). The minimum Gasteiger partial charge on any atom is -0.459 e. The molecule has 6 heteroatoms. The van der Waals surface area contributed by atoms with Crippen LogP contribution >= 0.6 is 11.3 Å². The highest BCUT2D eigenvalue weighted by Gasteiger charge is 2.55. The number of hydrogen-bond donors (Lipinski definition) is 0. The second-order valence-electron chi connectivity index (χ2n) is 7.97. The first-order valence-electron chi connectivity index (χ1n) is 8.81. The topological polar surface area (TPSA) is 59.5 Å². The van der Waals surface area contributed by atoms with Gasteiger partial charge in [0.15, 0.2) is 5.13 Å². The number of esters is 1. The summed E-state index contributed by atoms with van der Waals surface area (Å²) in [7, 11) is 1.70. The third-order valence-corrected chi connectivity index (χ3v) is 7.09. The number of nitrogens with zero attached hydrogens (tertiary/aromatic N) is 2. The monoisotopic (exact) mass is 348 g/mol. The van der Waals surface area contributed by atoms with Crippen LogP contribution in [-0.4, -0.2) is 23.9 Å². The second-order valence-corrected chi connectivity index (χ2v) is 8.81. The van der Waals surface area contributed by atoms with Crippen LogP contribution in [0.25, 0.3) is 0 Å². The average Bonchev–Trinajstić information content (AvgIpc) is 2.99. The van der Waals surface area contributed by atoms with Crippen molar-refractivity contribution in [3.8, 4) is 0 Å². The van der Waals surface area contributed by atoms with E-state index in [9.17, 15) is 9.59 Å². The standard InChI is InChI=1S/C18H24N2O3S/c1-11(21)20(2)17-19-15(10-24-17)9-23-16(22)18-6-12-3-13(7-18)5-14(4-12)8-18/h10,12-14H,3-9H2,1-2H3. The molecule has 0 N–H and O–H groups in total. The summed E-state index contributed by atoms with van der Waals surface area (Å²) in [5.74, 6) is 2.13. The Balaban J connectivity index is 1.40. The van der Waals surface area contributed by atoms with Crippen molar-refractivity contribution in [2.75, 3.05) is 11.9 Å². The fraction of sp³-hybridized carbons (Fsp3) is 0.722. The van der Waals surface area contributed by atoms with E-state index in [1.54, 1.807) is 7.05 Å². The van der Waals surface area contributed by atoms with Gasteiger partial charge < -0.3 is 4.74 Å². The summed E-state index contributed by atoms with van der Waals surface area (Å²) in [5.41, 5.74) is 0.505. The van der Waals surface area contributed by atoms with Crippen molar-refractivity contribution in [2.45, 2.75) is 52.1 Å².